The van der Waals surface area contributed by atoms with Crippen LogP contribution in [0.5, 0.6) is 0 Å². The van der Waals surface area contributed by atoms with Crippen molar-refractivity contribution < 1.29 is 19.4 Å². The van der Waals surface area contributed by atoms with Gasteiger partial charge in [-0.05, 0) is 25.5 Å². The summed E-state index contributed by atoms with van der Waals surface area (Å²) in [5.41, 5.74) is 0.726. The normalized spacial score (nSPS) is 11.9. The van der Waals surface area contributed by atoms with Gasteiger partial charge in [0.15, 0.2) is 0 Å². The minimum Gasteiger partial charge on any atom is -0.481 e. The largest absolute Gasteiger partial charge is 0.481 e. The van der Waals surface area contributed by atoms with E-state index in [0.29, 0.717) is 12.8 Å². The minimum atomic E-state index is -0.913. The summed E-state index contributed by atoms with van der Waals surface area (Å²) >= 11 is 0. The summed E-state index contributed by atoms with van der Waals surface area (Å²) in [5, 5.41) is 8.79. The molecule has 20 heavy (non-hydrogen) atoms. The van der Waals surface area contributed by atoms with Crippen LogP contribution in [0.1, 0.15) is 26.2 Å². The second-order valence-electron chi connectivity index (χ2n) is 4.61. The van der Waals surface area contributed by atoms with E-state index in [-0.39, 0.29) is 25.0 Å². The zero-order valence-corrected chi connectivity index (χ0v) is 11.9. The third kappa shape index (κ3) is 5.40. The molecule has 5 heteroatoms. The number of carboxylic acid groups (broad SMARTS) is 1. The molecule has 0 saturated heterocycles. The van der Waals surface area contributed by atoms with Gasteiger partial charge in [0, 0.05) is 25.8 Å². The van der Waals surface area contributed by atoms with E-state index in [2.05, 4.69) is 0 Å². The first kappa shape index (κ1) is 16.2. The molecule has 0 fully saturated rings. The van der Waals surface area contributed by atoms with Gasteiger partial charge < -0.3 is 14.7 Å². The molecule has 0 aliphatic rings. The monoisotopic (exact) mass is 279 g/mol. The van der Waals surface area contributed by atoms with Crippen LogP contribution >= 0.6 is 0 Å². The number of carbonyl (C=O) groups is 2. The van der Waals surface area contributed by atoms with Crippen LogP contribution in [-0.4, -0.2) is 36.7 Å². The topological polar surface area (TPSA) is 66.8 Å². The summed E-state index contributed by atoms with van der Waals surface area (Å²) < 4.78 is 5.12. The Balaban J connectivity index is 2.71. The SMILES string of the molecule is COC(C)CCC(=O)N(CCC(=O)O)c1ccccc1. The zero-order valence-electron chi connectivity index (χ0n) is 11.9. The van der Waals surface area contributed by atoms with Gasteiger partial charge in [-0.3, -0.25) is 9.59 Å². The lowest BCUT2D eigenvalue weighted by molar-refractivity contribution is -0.136. The Morgan fingerprint density at radius 2 is 1.90 bits per heavy atom. The van der Waals surface area contributed by atoms with E-state index < -0.39 is 5.97 Å². The van der Waals surface area contributed by atoms with Crippen molar-refractivity contribution in [2.45, 2.75) is 32.3 Å². The van der Waals surface area contributed by atoms with E-state index >= 15 is 0 Å². The van der Waals surface area contributed by atoms with E-state index in [1.54, 1.807) is 19.2 Å². The lowest BCUT2D eigenvalue weighted by Crippen LogP contribution is -2.33. The second kappa shape index (κ2) is 8.32. The van der Waals surface area contributed by atoms with Crippen molar-refractivity contribution in [1.29, 1.82) is 0 Å². The number of carbonyl (C=O) groups excluding carboxylic acids is 1. The van der Waals surface area contributed by atoms with Crippen LogP contribution in [0.15, 0.2) is 30.3 Å². The summed E-state index contributed by atoms with van der Waals surface area (Å²) in [6, 6.07) is 9.12. The maximum absolute atomic E-state index is 12.3. The van der Waals surface area contributed by atoms with Gasteiger partial charge in [-0.1, -0.05) is 18.2 Å². The van der Waals surface area contributed by atoms with Gasteiger partial charge in [-0.15, -0.1) is 0 Å². The van der Waals surface area contributed by atoms with Crippen LogP contribution in [-0.2, 0) is 14.3 Å². The molecule has 1 rings (SSSR count). The molecular weight excluding hydrogens is 258 g/mol. The number of methoxy groups -OCH3 is 1. The van der Waals surface area contributed by atoms with Gasteiger partial charge >= 0.3 is 5.97 Å². The fourth-order valence-electron chi connectivity index (χ4n) is 1.79. The number of hydrogen-bond acceptors (Lipinski definition) is 3. The number of aliphatic carboxylic acids is 1. The number of anilines is 1. The Morgan fingerprint density at radius 3 is 2.45 bits per heavy atom. The molecule has 1 atom stereocenters. The molecule has 0 aromatic heterocycles. The molecule has 0 aliphatic heterocycles. The van der Waals surface area contributed by atoms with Crippen molar-refractivity contribution in [1.82, 2.24) is 0 Å². The van der Waals surface area contributed by atoms with Crippen molar-refractivity contribution in [3.63, 3.8) is 0 Å². The Labute approximate surface area is 119 Å². The Bertz CT molecular complexity index is 433. The Morgan fingerprint density at radius 1 is 1.25 bits per heavy atom. The van der Waals surface area contributed by atoms with E-state index in [0.717, 1.165) is 5.69 Å². The van der Waals surface area contributed by atoms with Crippen molar-refractivity contribution in [2.75, 3.05) is 18.6 Å². The molecule has 0 aliphatic carbocycles. The number of benzene rings is 1. The summed E-state index contributed by atoms with van der Waals surface area (Å²) in [6.45, 7) is 2.08. The standard InChI is InChI=1S/C15H21NO4/c1-12(20-2)8-9-14(17)16(11-10-15(18)19)13-6-4-3-5-7-13/h3-7,12H,8-11H2,1-2H3,(H,18,19). The highest BCUT2D eigenvalue weighted by molar-refractivity contribution is 5.93. The molecule has 0 spiro atoms. The van der Waals surface area contributed by atoms with Crippen molar-refractivity contribution >= 4 is 17.6 Å². The first-order valence-electron chi connectivity index (χ1n) is 6.64. The van der Waals surface area contributed by atoms with Crippen LogP contribution in [0, 0.1) is 0 Å². The summed E-state index contributed by atoms with van der Waals surface area (Å²) in [5.74, 6) is -0.995. The van der Waals surface area contributed by atoms with Crippen LogP contribution < -0.4 is 4.90 Å². The predicted molar refractivity (Wildman–Crippen MR) is 76.8 cm³/mol. The average Bonchev–Trinajstić information content (AvgIpc) is 2.45. The summed E-state index contributed by atoms with van der Waals surface area (Å²) in [6.07, 6.45) is 0.895. The first-order valence-corrected chi connectivity index (χ1v) is 6.64. The maximum atomic E-state index is 12.3. The number of rotatable bonds is 8. The second-order valence-corrected chi connectivity index (χ2v) is 4.61. The van der Waals surface area contributed by atoms with Crippen molar-refractivity contribution in [3.05, 3.63) is 30.3 Å². The molecule has 5 nitrogen and oxygen atoms in total. The summed E-state index contributed by atoms with van der Waals surface area (Å²) in [7, 11) is 1.61. The molecule has 1 unspecified atom stereocenters. The quantitative estimate of drug-likeness (QED) is 0.793. The van der Waals surface area contributed by atoms with E-state index in [1.807, 2.05) is 25.1 Å². The molecule has 1 amide bonds. The van der Waals surface area contributed by atoms with E-state index in [4.69, 9.17) is 9.84 Å². The minimum absolute atomic E-state index is 0.0102. The van der Waals surface area contributed by atoms with E-state index in [9.17, 15) is 9.59 Å². The van der Waals surface area contributed by atoms with Gasteiger partial charge in [-0.2, -0.15) is 0 Å². The molecular formula is C15H21NO4. The van der Waals surface area contributed by atoms with Gasteiger partial charge in [0.2, 0.25) is 5.91 Å². The molecule has 1 aromatic rings. The number of amides is 1. The highest BCUT2D eigenvalue weighted by atomic mass is 16.5. The summed E-state index contributed by atoms with van der Waals surface area (Å²) in [4.78, 5) is 24.5. The highest BCUT2D eigenvalue weighted by Crippen LogP contribution is 2.16. The number of hydrogen-bond donors (Lipinski definition) is 1. The number of para-hydroxylation sites is 1. The Kier molecular flexibility index (Phi) is 6.73. The predicted octanol–water partition coefficient (Wildman–Crippen LogP) is 2.31. The van der Waals surface area contributed by atoms with Gasteiger partial charge in [0.1, 0.15) is 0 Å². The van der Waals surface area contributed by atoms with Crippen LogP contribution in [0.2, 0.25) is 0 Å². The van der Waals surface area contributed by atoms with Crippen LogP contribution in [0.4, 0.5) is 5.69 Å². The van der Waals surface area contributed by atoms with E-state index in [1.165, 1.54) is 4.90 Å². The average molecular weight is 279 g/mol. The number of ether oxygens (including phenoxy) is 1. The fourth-order valence-corrected chi connectivity index (χ4v) is 1.79. The molecule has 0 bridgehead atoms. The lowest BCUT2D eigenvalue weighted by Gasteiger charge is -2.22. The zero-order chi connectivity index (χ0) is 15.0. The Hall–Kier alpha value is -1.88. The molecule has 110 valence electrons. The third-order valence-corrected chi connectivity index (χ3v) is 3.09. The maximum Gasteiger partial charge on any atom is 0.305 e. The smallest absolute Gasteiger partial charge is 0.305 e. The van der Waals surface area contributed by atoms with Gasteiger partial charge in [0.05, 0.1) is 12.5 Å². The number of nitrogens with zero attached hydrogens (tertiary/aromatic N) is 1. The van der Waals surface area contributed by atoms with Crippen LogP contribution in [0.3, 0.4) is 0 Å². The number of carboxylic acids is 1. The molecule has 0 saturated carbocycles. The highest BCUT2D eigenvalue weighted by Gasteiger charge is 2.17. The molecule has 1 aromatic carbocycles. The van der Waals surface area contributed by atoms with Crippen LogP contribution in [0.25, 0.3) is 0 Å². The fraction of sp³-hybridized carbons (Fsp3) is 0.467. The van der Waals surface area contributed by atoms with Gasteiger partial charge in [0.25, 0.3) is 0 Å². The molecule has 0 heterocycles. The third-order valence-electron chi connectivity index (χ3n) is 3.09. The molecule has 0 radical (unpaired) electrons. The van der Waals surface area contributed by atoms with Crippen molar-refractivity contribution in [2.24, 2.45) is 0 Å². The molecule has 1 N–H and O–H groups in total. The van der Waals surface area contributed by atoms with Gasteiger partial charge in [-0.25, -0.2) is 0 Å². The van der Waals surface area contributed by atoms with Crippen molar-refractivity contribution in [3.8, 4) is 0 Å². The lowest BCUT2D eigenvalue weighted by atomic mass is 10.2. The first-order chi connectivity index (χ1) is 9.54.